The van der Waals surface area contributed by atoms with Gasteiger partial charge >= 0.3 is 0 Å². The van der Waals surface area contributed by atoms with E-state index in [0.29, 0.717) is 37.3 Å². The van der Waals surface area contributed by atoms with Gasteiger partial charge < -0.3 is 14.4 Å². The first-order valence-corrected chi connectivity index (χ1v) is 18.7. The Hall–Kier alpha value is -3.24. The van der Waals surface area contributed by atoms with E-state index in [4.69, 9.17) is 0 Å². The summed E-state index contributed by atoms with van der Waals surface area (Å²) in [5.41, 5.74) is 4.63. The van der Waals surface area contributed by atoms with Gasteiger partial charge in [0.15, 0.2) is 0 Å². The van der Waals surface area contributed by atoms with Crippen molar-refractivity contribution in [3.05, 3.63) is 58.9 Å². The standard InChI is InChI=1S/C36H41FN4O4S/c1-39-18-24-9-10-25(19-39)41(24)35(43)36-17-30(36)29-16-23(37)8-14-27(29)33-32(21-5-3-2-4-6-21)28-13-7-22(15-31(28)40(33)20-36)34(42)38-46(44,45)26-11-12-26/h7-8,13-16,21,24-26,30H,2-6,9-12,17-20H2,1H3,(H,38,42)/t24?,25?,30-,36-/m0/s1. The molecule has 242 valence electrons. The van der Waals surface area contributed by atoms with Gasteiger partial charge in [0.1, 0.15) is 5.82 Å². The number of hydrogen-bond acceptors (Lipinski definition) is 5. The van der Waals surface area contributed by atoms with Crippen LogP contribution in [-0.2, 0) is 21.4 Å². The molecule has 4 heterocycles. The number of piperazine rings is 1. The van der Waals surface area contributed by atoms with Crippen LogP contribution in [0.2, 0.25) is 0 Å². The number of hydrogen-bond donors (Lipinski definition) is 1. The molecule has 5 fully saturated rings. The van der Waals surface area contributed by atoms with Gasteiger partial charge in [0, 0.05) is 59.7 Å². The normalized spacial score (nSPS) is 29.2. The fourth-order valence-corrected chi connectivity index (χ4v) is 10.9. The summed E-state index contributed by atoms with van der Waals surface area (Å²) in [5, 5.41) is 0.544. The van der Waals surface area contributed by atoms with Crippen molar-refractivity contribution >= 4 is 32.7 Å². The SMILES string of the molecule is CN1CC2CCC(C1)N2C(=O)[C@]12C[C@H]1c1cc(F)ccc1-c1c(C3CCCCC3)c3ccc(C(=O)NS(=O)(=O)C4CC4)cc3n1C2. The number of carbonyl (C=O) groups excluding carboxylic acids is 2. The van der Waals surface area contributed by atoms with Crippen molar-refractivity contribution in [2.45, 2.75) is 99.9 Å². The third kappa shape index (κ3) is 4.35. The molecule has 10 heteroatoms. The van der Waals surface area contributed by atoms with Crippen molar-refractivity contribution < 1.29 is 22.4 Å². The van der Waals surface area contributed by atoms with E-state index in [0.717, 1.165) is 79.3 Å². The van der Waals surface area contributed by atoms with Gasteiger partial charge in [0.05, 0.1) is 16.4 Å². The van der Waals surface area contributed by atoms with Crippen LogP contribution in [0.5, 0.6) is 0 Å². The first-order chi connectivity index (χ1) is 22.1. The molecule has 3 aliphatic carbocycles. The Balaban J connectivity index is 1.22. The van der Waals surface area contributed by atoms with Crippen LogP contribution in [0.15, 0.2) is 36.4 Å². The van der Waals surface area contributed by atoms with Crippen LogP contribution in [-0.4, -0.2) is 72.1 Å². The third-order valence-electron chi connectivity index (χ3n) is 12.1. The van der Waals surface area contributed by atoms with Crippen LogP contribution in [0.3, 0.4) is 0 Å². The number of aromatic nitrogens is 1. The van der Waals surface area contributed by atoms with Crippen molar-refractivity contribution in [1.29, 1.82) is 0 Å². The largest absolute Gasteiger partial charge is 0.339 e. The number of sulfonamides is 1. The number of carbonyl (C=O) groups is 2. The van der Waals surface area contributed by atoms with Gasteiger partial charge in [-0.15, -0.1) is 0 Å². The average Bonchev–Trinajstić information content (AvgIpc) is 3.95. The fourth-order valence-electron chi connectivity index (χ4n) is 9.64. The molecule has 3 aliphatic heterocycles. The van der Waals surface area contributed by atoms with Crippen LogP contribution >= 0.6 is 0 Å². The maximum absolute atomic E-state index is 15.0. The number of benzene rings is 2. The molecule has 2 aromatic carbocycles. The van der Waals surface area contributed by atoms with E-state index >= 15 is 4.39 Å². The first kappa shape index (κ1) is 28.9. The van der Waals surface area contributed by atoms with E-state index in [2.05, 4.69) is 26.1 Å². The number of nitrogens with one attached hydrogen (secondary N) is 1. The van der Waals surface area contributed by atoms with Crippen LogP contribution in [0.4, 0.5) is 4.39 Å². The van der Waals surface area contributed by atoms with Crippen molar-refractivity contribution in [1.82, 2.24) is 19.1 Å². The van der Waals surface area contributed by atoms with Crippen molar-refractivity contribution in [3.63, 3.8) is 0 Å². The lowest BCUT2D eigenvalue weighted by Crippen LogP contribution is -2.57. The molecule has 6 aliphatic rings. The highest BCUT2D eigenvalue weighted by Crippen LogP contribution is 2.66. The Morgan fingerprint density at radius 3 is 2.39 bits per heavy atom. The van der Waals surface area contributed by atoms with E-state index in [1.165, 1.54) is 18.1 Å². The summed E-state index contributed by atoms with van der Waals surface area (Å²) in [5.74, 6) is -0.481. The van der Waals surface area contributed by atoms with Crippen LogP contribution < -0.4 is 4.72 Å². The number of rotatable bonds is 5. The molecule has 3 aromatic rings. The lowest BCUT2D eigenvalue weighted by molar-refractivity contribution is -0.143. The van der Waals surface area contributed by atoms with E-state index < -0.39 is 26.6 Å². The quantitative estimate of drug-likeness (QED) is 0.396. The molecule has 2 unspecified atom stereocenters. The summed E-state index contributed by atoms with van der Waals surface area (Å²) in [4.78, 5) is 32.7. The molecule has 8 nitrogen and oxygen atoms in total. The zero-order valence-electron chi connectivity index (χ0n) is 26.3. The van der Waals surface area contributed by atoms with Crippen molar-refractivity contribution in [2.24, 2.45) is 5.41 Å². The lowest BCUT2D eigenvalue weighted by Gasteiger charge is -2.41. The molecule has 46 heavy (non-hydrogen) atoms. The predicted molar refractivity (Wildman–Crippen MR) is 174 cm³/mol. The summed E-state index contributed by atoms with van der Waals surface area (Å²) < 4.78 is 45.0. The van der Waals surface area contributed by atoms with E-state index in [1.54, 1.807) is 12.1 Å². The van der Waals surface area contributed by atoms with Crippen molar-refractivity contribution in [2.75, 3.05) is 20.1 Å². The number of fused-ring (bicyclic) bond motifs is 9. The highest BCUT2D eigenvalue weighted by atomic mass is 32.2. The minimum atomic E-state index is -3.71. The van der Waals surface area contributed by atoms with Gasteiger partial charge in [-0.3, -0.25) is 9.59 Å². The summed E-state index contributed by atoms with van der Waals surface area (Å²) >= 11 is 0. The highest BCUT2D eigenvalue weighted by Gasteiger charge is 2.65. The molecule has 2 bridgehead atoms. The van der Waals surface area contributed by atoms with Gasteiger partial charge in [-0.1, -0.05) is 25.3 Å². The zero-order valence-corrected chi connectivity index (χ0v) is 27.1. The molecular weight excluding hydrogens is 603 g/mol. The van der Waals surface area contributed by atoms with Crippen LogP contribution in [0.25, 0.3) is 22.2 Å². The van der Waals surface area contributed by atoms with E-state index in [1.807, 2.05) is 18.2 Å². The minimum Gasteiger partial charge on any atom is -0.339 e. The second-order valence-corrected chi connectivity index (χ2v) is 17.0. The number of likely N-dealkylation sites (N-methyl/N-ethyl adjacent to an activating group) is 1. The van der Waals surface area contributed by atoms with E-state index in [9.17, 15) is 18.0 Å². The molecule has 0 spiro atoms. The topological polar surface area (TPSA) is 91.7 Å². The summed E-state index contributed by atoms with van der Waals surface area (Å²) in [6, 6.07) is 11.0. The first-order valence-electron chi connectivity index (χ1n) is 17.2. The fraction of sp³-hybridized carbons (Fsp3) is 0.556. The average molecular weight is 645 g/mol. The molecule has 2 amide bonds. The van der Waals surface area contributed by atoms with Crippen LogP contribution in [0.1, 0.15) is 97.5 Å². The summed E-state index contributed by atoms with van der Waals surface area (Å²) in [7, 11) is -1.58. The molecule has 1 N–H and O–H groups in total. The molecular formula is C36H41FN4O4S. The second-order valence-electron chi connectivity index (χ2n) is 15.1. The maximum Gasteiger partial charge on any atom is 0.264 e. The Labute approximate surface area is 269 Å². The third-order valence-corrected chi connectivity index (χ3v) is 13.9. The molecule has 0 radical (unpaired) electrons. The molecule has 1 aromatic heterocycles. The van der Waals surface area contributed by atoms with Gasteiger partial charge in [-0.2, -0.15) is 0 Å². The maximum atomic E-state index is 15.0. The molecule has 3 saturated carbocycles. The molecule has 2 saturated heterocycles. The number of halogens is 1. The van der Waals surface area contributed by atoms with Gasteiger partial charge in [-0.25, -0.2) is 17.5 Å². The van der Waals surface area contributed by atoms with Gasteiger partial charge in [-0.05, 0) is 99.4 Å². The minimum absolute atomic E-state index is 0.0749. The number of likely N-dealkylation sites (tertiary alicyclic amines) is 1. The predicted octanol–water partition coefficient (Wildman–Crippen LogP) is 5.51. The monoisotopic (exact) mass is 644 g/mol. The Morgan fingerprint density at radius 2 is 1.67 bits per heavy atom. The van der Waals surface area contributed by atoms with Gasteiger partial charge in [0.25, 0.3) is 5.91 Å². The van der Waals surface area contributed by atoms with Crippen molar-refractivity contribution in [3.8, 4) is 11.3 Å². The highest BCUT2D eigenvalue weighted by molar-refractivity contribution is 7.91. The number of amides is 2. The van der Waals surface area contributed by atoms with E-state index in [-0.39, 0.29) is 29.7 Å². The summed E-state index contributed by atoms with van der Waals surface area (Å²) in [6.45, 7) is 2.21. The summed E-state index contributed by atoms with van der Waals surface area (Å²) in [6.07, 6.45) is 9.45. The lowest BCUT2D eigenvalue weighted by atomic mass is 9.81. The Morgan fingerprint density at radius 1 is 0.935 bits per heavy atom. The van der Waals surface area contributed by atoms with Crippen LogP contribution in [0, 0.1) is 11.2 Å². The zero-order chi connectivity index (χ0) is 31.5. The second kappa shape index (κ2) is 10.1. The Kier molecular flexibility index (Phi) is 6.37. The molecule has 4 atom stereocenters. The Bertz CT molecular complexity index is 1900. The number of nitrogens with zero attached hydrogens (tertiary/aromatic N) is 3. The van der Waals surface area contributed by atoms with Gasteiger partial charge in [0.2, 0.25) is 15.9 Å². The smallest absolute Gasteiger partial charge is 0.264 e. The molecule has 9 rings (SSSR count).